The van der Waals surface area contributed by atoms with Gasteiger partial charge in [0.05, 0.1) is 5.52 Å². The Morgan fingerprint density at radius 1 is 0.852 bits per heavy atom. The van der Waals surface area contributed by atoms with E-state index in [1.54, 1.807) is 0 Å². The van der Waals surface area contributed by atoms with Crippen LogP contribution in [0.2, 0.25) is 0 Å². The van der Waals surface area contributed by atoms with E-state index in [-0.39, 0.29) is 10.9 Å². The molecule has 0 aliphatic rings. The van der Waals surface area contributed by atoms with Crippen molar-refractivity contribution in [2.24, 2.45) is 10.2 Å². The first-order valence-electron chi connectivity index (χ1n) is 7.05. The number of carbonyl (C=O) groups is 1. The van der Waals surface area contributed by atoms with E-state index in [1.165, 1.54) is 24.3 Å². The van der Waals surface area contributed by atoms with Gasteiger partial charge in [0.15, 0.2) is 40.3 Å². The zero-order valence-electron chi connectivity index (χ0n) is 12.9. The standard InChI is InChI=1S/C16H6F5N3O3/c17-7-8(18)10(20)12(11(21)9(7)19)23-24-13-14(16(26)27)22-6-4-2-1-3-5(6)15(13)25/h1-4H,(H,22,25)(H,26,27). The third-order valence-corrected chi connectivity index (χ3v) is 3.53. The number of aromatic nitrogens is 1. The van der Waals surface area contributed by atoms with E-state index in [4.69, 9.17) is 0 Å². The minimum Gasteiger partial charge on any atom is -0.477 e. The molecule has 0 fully saturated rings. The molecule has 0 bridgehead atoms. The monoisotopic (exact) mass is 383 g/mol. The van der Waals surface area contributed by atoms with Crippen LogP contribution in [0.15, 0.2) is 39.3 Å². The predicted octanol–water partition coefficient (Wildman–Crippen LogP) is 4.34. The molecule has 0 saturated carbocycles. The highest BCUT2D eigenvalue weighted by atomic mass is 19.2. The number of azo groups is 1. The maximum Gasteiger partial charge on any atom is 0.354 e. The van der Waals surface area contributed by atoms with Gasteiger partial charge < -0.3 is 10.1 Å². The molecule has 2 aromatic carbocycles. The third-order valence-electron chi connectivity index (χ3n) is 3.53. The van der Waals surface area contributed by atoms with Crippen LogP contribution in [0.3, 0.4) is 0 Å². The fraction of sp³-hybridized carbons (Fsp3) is 0. The number of carboxylic acid groups (broad SMARTS) is 1. The number of nitrogens with one attached hydrogen (secondary N) is 1. The van der Waals surface area contributed by atoms with Crippen LogP contribution in [0.25, 0.3) is 10.9 Å². The number of H-pyrrole nitrogens is 1. The maximum absolute atomic E-state index is 13.6. The van der Waals surface area contributed by atoms with Crippen molar-refractivity contribution in [2.75, 3.05) is 0 Å². The van der Waals surface area contributed by atoms with Crippen LogP contribution in [0.4, 0.5) is 33.3 Å². The molecule has 0 saturated heterocycles. The molecule has 6 nitrogen and oxygen atoms in total. The van der Waals surface area contributed by atoms with Gasteiger partial charge in [0, 0.05) is 5.39 Å². The zero-order valence-corrected chi connectivity index (χ0v) is 12.9. The predicted molar refractivity (Wildman–Crippen MR) is 81.9 cm³/mol. The summed E-state index contributed by atoms with van der Waals surface area (Å²) in [7, 11) is 0. The lowest BCUT2D eigenvalue weighted by molar-refractivity contribution is 0.0691. The van der Waals surface area contributed by atoms with Crippen LogP contribution in [-0.4, -0.2) is 16.1 Å². The lowest BCUT2D eigenvalue weighted by Gasteiger charge is -2.05. The highest BCUT2D eigenvalue weighted by Crippen LogP contribution is 2.31. The van der Waals surface area contributed by atoms with Gasteiger partial charge in [-0.3, -0.25) is 4.79 Å². The van der Waals surface area contributed by atoms with Crippen LogP contribution in [0, 0.1) is 29.1 Å². The zero-order chi connectivity index (χ0) is 19.9. The molecule has 0 unspecified atom stereocenters. The normalized spacial score (nSPS) is 11.4. The summed E-state index contributed by atoms with van der Waals surface area (Å²) in [4.78, 5) is 26.1. The lowest BCUT2D eigenvalue weighted by Crippen LogP contribution is -2.11. The van der Waals surface area contributed by atoms with Crippen molar-refractivity contribution < 1.29 is 31.9 Å². The molecule has 0 atom stereocenters. The largest absolute Gasteiger partial charge is 0.477 e. The number of hydrogen-bond acceptors (Lipinski definition) is 4. The molecule has 0 aliphatic carbocycles. The van der Waals surface area contributed by atoms with Crippen LogP contribution in [-0.2, 0) is 0 Å². The van der Waals surface area contributed by atoms with Crippen LogP contribution < -0.4 is 5.43 Å². The number of carboxylic acids is 1. The third kappa shape index (κ3) is 2.92. The Bertz CT molecular complexity index is 1160. The Hall–Kier alpha value is -3.63. The van der Waals surface area contributed by atoms with Gasteiger partial charge in [0.25, 0.3) is 0 Å². The number of rotatable bonds is 3. The minimum atomic E-state index is -2.39. The molecule has 27 heavy (non-hydrogen) atoms. The molecule has 0 spiro atoms. The summed E-state index contributed by atoms with van der Waals surface area (Å²) < 4.78 is 66.7. The summed E-state index contributed by atoms with van der Waals surface area (Å²) in [5.74, 6) is -13.1. The summed E-state index contributed by atoms with van der Waals surface area (Å²) in [6, 6.07) is 5.69. The smallest absolute Gasteiger partial charge is 0.354 e. The lowest BCUT2D eigenvalue weighted by atomic mass is 10.1. The number of para-hydroxylation sites is 1. The van der Waals surface area contributed by atoms with Crippen molar-refractivity contribution >= 4 is 28.2 Å². The Kier molecular flexibility index (Phi) is 4.44. The van der Waals surface area contributed by atoms with Gasteiger partial charge in [-0.1, -0.05) is 12.1 Å². The first-order valence-corrected chi connectivity index (χ1v) is 7.05. The topological polar surface area (TPSA) is 94.9 Å². The quantitative estimate of drug-likeness (QED) is 0.305. The average Bonchev–Trinajstić information content (AvgIpc) is 2.66. The molecule has 3 rings (SSSR count). The number of fused-ring (bicyclic) bond motifs is 1. The van der Waals surface area contributed by atoms with E-state index < -0.39 is 57.6 Å². The van der Waals surface area contributed by atoms with E-state index in [2.05, 4.69) is 15.2 Å². The first kappa shape index (κ1) is 18.2. The fourth-order valence-electron chi connectivity index (χ4n) is 2.26. The number of nitrogens with zero attached hydrogens (tertiary/aromatic N) is 2. The van der Waals surface area contributed by atoms with Crippen molar-refractivity contribution in [1.29, 1.82) is 0 Å². The Morgan fingerprint density at radius 2 is 1.37 bits per heavy atom. The number of pyridine rings is 1. The molecular formula is C16H6F5N3O3. The first-order chi connectivity index (χ1) is 12.7. The van der Waals surface area contributed by atoms with Crippen molar-refractivity contribution in [1.82, 2.24) is 4.98 Å². The second kappa shape index (κ2) is 6.59. The molecule has 1 heterocycles. The molecule has 138 valence electrons. The van der Waals surface area contributed by atoms with Crippen LogP contribution in [0.1, 0.15) is 10.5 Å². The van der Waals surface area contributed by atoms with Crippen molar-refractivity contribution in [3.8, 4) is 0 Å². The molecule has 0 aliphatic heterocycles. The van der Waals surface area contributed by atoms with E-state index in [1.807, 2.05) is 0 Å². The van der Waals surface area contributed by atoms with E-state index in [0.29, 0.717) is 0 Å². The average molecular weight is 383 g/mol. The minimum absolute atomic E-state index is 0.0196. The highest BCUT2D eigenvalue weighted by Gasteiger charge is 2.26. The van der Waals surface area contributed by atoms with Gasteiger partial charge in [0.1, 0.15) is 0 Å². The Morgan fingerprint density at radius 3 is 1.96 bits per heavy atom. The number of hydrogen-bond donors (Lipinski definition) is 2. The van der Waals surface area contributed by atoms with E-state index >= 15 is 0 Å². The molecule has 0 amide bonds. The second-order valence-corrected chi connectivity index (χ2v) is 5.15. The number of halogens is 5. The van der Waals surface area contributed by atoms with Gasteiger partial charge in [-0.2, -0.15) is 0 Å². The van der Waals surface area contributed by atoms with Gasteiger partial charge in [-0.15, -0.1) is 10.2 Å². The van der Waals surface area contributed by atoms with Gasteiger partial charge in [0.2, 0.25) is 11.2 Å². The SMILES string of the molecule is O=C(O)c1[nH]c2ccccc2c(=O)c1N=Nc1c(F)c(F)c(F)c(F)c1F. The van der Waals surface area contributed by atoms with Crippen molar-refractivity contribution in [2.45, 2.75) is 0 Å². The number of benzene rings is 2. The van der Waals surface area contributed by atoms with Gasteiger partial charge in [-0.25, -0.2) is 26.7 Å². The summed E-state index contributed by atoms with van der Waals surface area (Å²) in [5.41, 5.74) is -4.13. The molecule has 3 aromatic rings. The van der Waals surface area contributed by atoms with Crippen molar-refractivity contribution in [3.05, 3.63) is 69.3 Å². The molecule has 11 heteroatoms. The summed E-state index contributed by atoms with van der Waals surface area (Å²) in [6.45, 7) is 0. The van der Waals surface area contributed by atoms with Gasteiger partial charge >= 0.3 is 5.97 Å². The summed E-state index contributed by atoms with van der Waals surface area (Å²) in [6.07, 6.45) is 0. The summed E-state index contributed by atoms with van der Waals surface area (Å²) >= 11 is 0. The van der Waals surface area contributed by atoms with E-state index in [0.717, 1.165) is 0 Å². The summed E-state index contributed by atoms with van der Waals surface area (Å²) in [5, 5.41) is 15.2. The van der Waals surface area contributed by atoms with Crippen LogP contribution >= 0.6 is 0 Å². The molecule has 1 aromatic heterocycles. The Labute approximate surface area is 145 Å². The number of aromatic amines is 1. The molecular weight excluding hydrogens is 377 g/mol. The van der Waals surface area contributed by atoms with Gasteiger partial charge in [-0.05, 0) is 12.1 Å². The van der Waals surface area contributed by atoms with Crippen molar-refractivity contribution in [3.63, 3.8) is 0 Å². The maximum atomic E-state index is 13.6. The van der Waals surface area contributed by atoms with Crippen LogP contribution in [0.5, 0.6) is 0 Å². The number of aromatic carboxylic acids is 1. The van der Waals surface area contributed by atoms with E-state index in [9.17, 15) is 36.6 Å². The second-order valence-electron chi connectivity index (χ2n) is 5.15. The molecule has 2 N–H and O–H groups in total. The highest BCUT2D eigenvalue weighted by molar-refractivity contribution is 5.95. The Balaban J connectivity index is 2.27. The molecule has 0 radical (unpaired) electrons. The fourth-order valence-corrected chi connectivity index (χ4v) is 2.26.